The summed E-state index contributed by atoms with van der Waals surface area (Å²) in [6, 6.07) is 27.9. The maximum atomic E-state index is 6.28. The van der Waals surface area contributed by atoms with Crippen molar-refractivity contribution in [2.24, 2.45) is 0 Å². The number of anilines is 2. The first-order chi connectivity index (χ1) is 13.8. The van der Waals surface area contributed by atoms with Gasteiger partial charge in [-0.25, -0.2) is 4.98 Å². The van der Waals surface area contributed by atoms with Crippen LogP contribution in [0.1, 0.15) is 22.8 Å². The molecule has 0 saturated carbocycles. The molecule has 3 aromatic carbocycles. The molecule has 138 valence electrons. The average molecular weight is 387 g/mol. The van der Waals surface area contributed by atoms with Crippen molar-refractivity contribution in [2.75, 3.05) is 5.32 Å². The Morgan fingerprint density at radius 1 is 0.607 bits per heavy atom. The van der Waals surface area contributed by atoms with E-state index in [1.807, 2.05) is 60.7 Å². The van der Waals surface area contributed by atoms with Crippen molar-refractivity contribution >= 4 is 23.2 Å². The van der Waals surface area contributed by atoms with Crippen LogP contribution in [0, 0.1) is 0 Å². The summed E-state index contributed by atoms with van der Waals surface area (Å²) in [5.74, 6) is 1.95. The van der Waals surface area contributed by atoms with Gasteiger partial charge in [-0.2, -0.15) is 9.97 Å². The van der Waals surface area contributed by atoms with Crippen LogP contribution in [-0.4, -0.2) is 15.0 Å². The molecule has 4 aromatic rings. The molecule has 5 heteroatoms. The van der Waals surface area contributed by atoms with Crippen molar-refractivity contribution < 1.29 is 0 Å². The number of para-hydroxylation sites is 1. The van der Waals surface area contributed by atoms with Gasteiger partial charge in [0.25, 0.3) is 0 Å². The second-order valence-corrected chi connectivity index (χ2v) is 6.83. The molecular weight excluding hydrogens is 368 g/mol. The highest BCUT2D eigenvalue weighted by atomic mass is 35.5. The van der Waals surface area contributed by atoms with Gasteiger partial charge in [-0.1, -0.05) is 84.4 Å². The first kappa shape index (κ1) is 18.1. The fraction of sp³-hybridized carbons (Fsp3) is 0.0870. The van der Waals surface area contributed by atoms with Crippen LogP contribution in [-0.2, 0) is 12.8 Å². The summed E-state index contributed by atoms with van der Waals surface area (Å²) in [4.78, 5) is 13.9. The highest BCUT2D eigenvalue weighted by Crippen LogP contribution is 2.23. The van der Waals surface area contributed by atoms with Crippen LogP contribution in [0.4, 0.5) is 11.6 Å². The fourth-order valence-corrected chi connectivity index (χ4v) is 3.11. The number of rotatable bonds is 6. The molecule has 0 radical (unpaired) electrons. The number of benzene rings is 3. The van der Waals surface area contributed by atoms with Gasteiger partial charge in [0, 0.05) is 12.8 Å². The van der Waals surface area contributed by atoms with E-state index in [-0.39, 0.29) is 0 Å². The number of nitrogens with zero attached hydrogens (tertiary/aromatic N) is 3. The SMILES string of the molecule is Clc1ccccc1Nc1nc(Cc2ccccc2)nc(Cc2ccccc2)n1. The van der Waals surface area contributed by atoms with E-state index in [9.17, 15) is 0 Å². The predicted molar refractivity (Wildman–Crippen MR) is 113 cm³/mol. The molecule has 4 rings (SSSR count). The molecule has 0 aliphatic heterocycles. The van der Waals surface area contributed by atoms with Crippen molar-refractivity contribution in [1.29, 1.82) is 0 Å². The van der Waals surface area contributed by atoms with E-state index in [2.05, 4.69) is 39.6 Å². The van der Waals surface area contributed by atoms with Gasteiger partial charge >= 0.3 is 0 Å². The molecule has 0 bridgehead atoms. The molecule has 0 atom stereocenters. The zero-order chi connectivity index (χ0) is 19.2. The minimum absolute atomic E-state index is 0.500. The topological polar surface area (TPSA) is 50.7 Å². The van der Waals surface area contributed by atoms with E-state index < -0.39 is 0 Å². The molecule has 1 aromatic heterocycles. The van der Waals surface area contributed by atoms with Crippen molar-refractivity contribution in [3.8, 4) is 0 Å². The number of halogens is 1. The van der Waals surface area contributed by atoms with E-state index in [0.29, 0.717) is 23.8 Å². The van der Waals surface area contributed by atoms with Crippen LogP contribution in [0.2, 0.25) is 5.02 Å². The third-order valence-electron chi connectivity index (χ3n) is 4.26. The van der Waals surface area contributed by atoms with Gasteiger partial charge in [-0.05, 0) is 23.3 Å². The lowest BCUT2D eigenvalue weighted by molar-refractivity contribution is 0.856. The first-order valence-corrected chi connectivity index (χ1v) is 9.47. The van der Waals surface area contributed by atoms with E-state index >= 15 is 0 Å². The Labute approximate surface area is 169 Å². The van der Waals surface area contributed by atoms with Gasteiger partial charge in [0.15, 0.2) is 0 Å². The summed E-state index contributed by atoms with van der Waals surface area (Å²) in [6.07, 6.45) is 1.28. The van der Waals surface area contributed by atoms with Gasteiger partial charge in [-0.15, -0.1) is 0 Å². The Bertz CT molecular complexity index is 993. The van der Waals surface area contributed by atoms with Crippen molar-refractivity contribution in [2.45, 2.75) is 12.8 Å². The molecule has 0 saturated heterocycles. The molecule has 28 heavy (non-hydrogen) atoms. The molecule has 0 fully saturated rings. The molecule has 0 unspecified atom stereocenters. The van der Waals surface area contributed by atoms with Crippen LogP contribution in [0.3, 0.4) is 0 Å². The lowest BCUT2D eigenvalue weighted by Gasteiger charge is -2.10. The highest BCUT2D eigenvalue weighted by molar-refractivity contribution is 6.33. The maximum Gasteiger partial charge on any atom is 0.230 e. The maximum absolute atomic E-state index is 6.28. The van der Waals surface area contributed by atoms with Gasteiger partial charge in [0.1, 0.15) is 11.6 Å². The third-order valence-corrected chi connectivity index (χ3v) is 4.59. The predicted octanol–water partition coefficient (Wildman–Crippen LogP) is 5.45. The third kappa shape index (κ3) is 4.72. The van der Waals surface area contributed by atoms with E-state index in [0.717, 1.165) is 28.5 Å². The Kier molecular flexibility index (Phi) is 5.59. The smallest absolute Gasteiger partial charge is 0.230 e. The lowest BCUT2D eigenvalue weighted by atomic mass is 10.1. The van der Waals surface area contributed by atoms with Crippen LogP contribution < -0.4 is 5.32 Å². The highest BCUT2D eigenvalue weighted by Gasteiger charge is 2.10. The first-order valence-electron chi connectivity index (χ1n) is 9.09. The summed E-state index contributed by atoms with van der Waals surface area (Å²) >= 11 is 6.28. The summed E-state index contributed by atoms with van der Waals surface area (Å²) in [7, 11) is 0. The van der Waals surface area contributed by atoms with E-state index in [1.54, 1.807) is 0 Å². The summed E-state index contributed by atoms with van der Waals surface area (Å²) in [5.41, 5.74) is 3.08. The summed E-state index contributed by atoms with van der Waals surface area (Å²) in [5, 5.41) is 3.85. The van der Waals surface area contributed by atoms with Gasteiger partial charge in [0.05, 0.1) is 10.7 Å². The van der Waals surface area contributed by atoms with Gasteiger partial charge in [-0.3, -0.25) is 0 Å². The largest absolute Gasteiger partial charge is 0.323 e. The Morgan fingerprint density at radius 3 is 1.64 bits per heavy atom. The standard InChI is InChI=1S/C23H19ClN4/c24-19-13-7-8-14-20(19)25-23-27-21(15-17-9-3-1-4-10-17)26-22(28-23)16-18-11-5-2-6-12-18/h1-14H,15-16H2,(H,25,26,27,28). The van der Waals surface area contributed by atoms with Crippen molar-refractivity contribution in [1.82, 2.24) is 15.0 Å². The Balaban J connectivity index is 1.66. The summed E-state index contributed by atoms with van der Waals surface area (Å²) in [6.45, 7) is 0. The number of hydrogen-bond donors (Lipinski definition) is 1. The number of aromatic nitrogens is 3. The lowest BCUT2D eigenvalue weighted by Crippen LogP contribution is -2.09. The molecule has 0 amide bonds. The van der Waals surface area contributed by atoms with Crippen LogP contribution in [0.25, 0.3) is 0 Å². The molecular formula is C23H19ClN4. The van der Waals surface area contributed by atoms with Crippen LogP contribution in [0.5, 0.6) is 0 Å². The van der Waals surface area contributed by atoms with Crippen molar-refractivity contribution in [3.05, 3.63) is 113 Å². The second-order valence-electron chi connectivity index (χ2n) is 6.42. The molecule has 0 aliphatic carbocycles. The monoisotopic (exact) mass is 386 g/mol. The minimum Gasteiger partial charge on any atom is -0.323 e. The molecule has 1 heterocycles. The van der Waals surface area contributed by atoms with Crippen LogP contribution in [0.15, 0.2) is 84.9 Å². The van der Waals surface area contributed by atoms with E-state index in [4.69, 9.17) is 16.6 Å². The van der Waals surface area contributed by atoms with Gasteiger partial charge in [0.2, 0.25) is 5.95 Å². The van der Waals surface area contributed by atoms with E-state index in [1.165, 1.54) is 0 Å². The fourth-order valence-electron chi connectivity index (χ4n) is 2.92. The van der Waals surface area contributed by atoms with Crippen molar-refractivity contribution in [3.63, 3.8) is 0 Å². The average Bonchev–Trinajstić information content (AvgIpc) is 2.71. The Hall–Kier alpha value is -3.24. The molecule has 1 N–H and O–H groups in total. The van der Waals surface area contributed by atoms with Gasteiger partial charge < -0.3 is 5.32 Å². The second kappa shape index (κ2) is 8.63. The Morgan fingerprint density at radius 2 is 1.11 bits per heavy atom. The normalized spacial score (nSPS) is 10.6. The molecule has 4 nitrogen and oxygen atoms in total. The molecule has 0 aliphatic rings. The molecule has 0 spiro atoms. The zero-order valence-electron chi connectivity index (χ0n) is 15.2. The minimum atomic E-state index is 0.500. The zero-order valence-corrected chi connectivity index (χ0v) is 16.0. The quantitative estimate of drug-likeness (QED) is 0.478. The van der Waals surface area contributed by atoms with Crippen LogP contribution >= 0.6 is 11.6 Å². The number of hydrogen-bond acceptors (Lipinski definition) is 4. The summed E-state index contributed by atoms with van der Waals surface area (Å²) < 4.78 is 0. The number of nitrogens with one attached hydrogen (secondary N) is 1.